The summed E-state index contributed by atoms with van der Waals surface area (Å²) in [5, 5.41) is 7.39. The van der Waals surface area contributed by atoms with Crippen LogP contribution in [0.5, 0.6) is 0 Å². The molecule has 0 spiro atoms. The number of aromatic nitrogens is 1. The Kier molecular flexibility index (Phi) is 3.16. The van der Waals surface area contributed by atoms with Crippen molar-refractivity contribution in [3.8, 4) is 0 Å². The molecule has 0 saturated carbocycles. The normalized spacial score (nSPS) is 19.5. The van der Waals surface area contributed by atoms with Crippen LogP contribution in [-0.2, 0) is 6.54 Å². The second kappa shape index (κ2) is 4.57. The summed E-state index contributed by atoms with van der Waals surface area (Å²) in [5.74, 6) is 0.896. The maximum Gasteiger partial charge on any atom is 0.133 e. The molecule has 0 amide bonds. The Morgan fingerprint density at radius 1 is 1.50 bits per heavy atom. The van der Waals surface area contributed by atoms with Gasteiger partial charge in [-0.2, -0.15) is 0 Å². The summed E-state index contributed by atoms with van der Waals surface area (Å²) in [5.41, 5.74) is 1.05. The third-order valence-electron chi connectivity index (χ3n) is 2.50. The molecule has 1 N–H and O–H groups in total. The molecule has 1 aliphatic rings. The molecule has 4 heteroatoms. The van der Waals surface area contributed by atoms with Crippen molar-refractivity contribution in [1.29, 1.82) is 0 Å². The van der Waals surface area contributed by atoms with E-state index >= 15 is 0 Å². The predicted octanol–water partition coefficient (Wildman–Crippen LogP) is 0.778. The van der Waals surface area contributed by atoms with Crippen molar-refractivity contribution in [2.75, 3.05) is 26.2 Å². The van der Waals surface area contributed by atoms with Crippen LogP contribution in [0.4, 0.5) is 0 Å². The van der Waals surface area contributed by atoms with Crippen LogP contribution in [0, 0.1) is 6.92 Å². The molecule has 1 aromatic rings. The van der Waals surface area contributed by atoms with Crippen molar-refractivity contribution < 1.29 is 4.52 Å². The van der Waals surface area contributed by atoms with E-state index in [0.29, 0.717) is 0 Å². The summed E-state index contributed by atoms with van der Waals surface area (Å²) in [6, 6.07) is 2.01. The zero-order valence-corrected chi connectivity index (χ0v) is 8.62. The van der Waals surface area contributed by atoms with Crippen LogP contribution in [0.1, 0.15) is 17.9 Å². The van der Waals surface area contributed by atoms with Gasteiger partial charge in [0.1, 0.15) is 5.76 Å². The highest BCUT2D eigenvalue weighted by molar-refractivity contribution is 5.03. The molecular formula is C10H17N3O. The van der Waals surface area contributed by atoms with E-state index < -0.39 is 0 Å². The first kappa shape index (κ1) is 9.68. The molecule has 14 heavy (non-hydrogen) atoms. The Morgan fingerprint density at radius 2 is 2.43 bits per heavy atom. The summed E-state index contributed by atoms with van der Waals surface area (Å²) in [6.45, 7) is 7.31. The lowest BCUT2D eigenvalue weighted by molar-refractivity contribution is 0.272. The Morgan fingerprint density at radius 3 is 3.21 bits per heavy atom. The van der Waals surface area contributed by atoms with E-state index in [0.717, 1.165) is 44.2 Å². The van der Waals surface area contributed by atoms with Crippen molar-refractivity contribution in [3.63, 3.8) is 0 Å². The van der Waals surface area contributed by atoms with E-state index in [-0.39, 0.29) is 0 Å². The number of hydrogen-bond donors (Lipinski definition) is 1. The van der Waals surface area contributed by atoms with Crippen LogP contribution < -0.4 is 5.32 Å². The fraction of sp³-hybridized carbons (Fsp3) is 0.700. The summed E-state index contributed by atoms with van der Waals surface area (Å²) in [6.07, 6.45) is 1.22. The Labute approximate surface area is 84.3 Å². The van der Waals surface area contributed by atoms with Crippen LogP contribution in [0.3, 0.4) is 0 Å². The number of aryl methyl sites for hydroxylation is 1. The average molecular weight is 195 g/mol. The smallest absolute Gasteiger partial charge is 0.133 e. The number of hydrogen-bond acceptors (Lipinski definition) is 4. The molecule has 0 radical (unpaired) electrons. The Balaban J connectivity index is 1.89. The molecule has 1 aliphatic heterocycles. The Hall–Kier alpha value is -0.870. The van der Waals surface area contributed by atoms with Gasteiger partial charge in [-0.05, 0) is 26.4 Å². The fourth-order valence-electron chi connectivity index (χ4n) is 1.78. The molecule has 0 aliphatic carbocycles. The molecule has 0 atom stereocenters. The maximum atomic E-state index is 5.04. The van der Waals surface area contributed by atoms with Gasteiger partial charge in [0, 0.05) is 25.7 Å². The molecule has 2 heterocycles. The molecule has 78 valence electrons. The summed E-state index contributed by atoms with van der Waals surface area (Å²) >= 11 is 0. The average Bonchev–Trinajstić information content (AvgIpc) is 2.43. The standard InChI is InChI=1S/C10H17N3O/c1-9-7-10(12-14-9)8-13-5-2-3-11-4-6-13/h7,11H,2-6,8H2,1H3. The zero-order valence-electron chi connectivity index (χ0n) is 8.62. The number of nitrogens with zero attached hydrogens (tertiary/aromatic N) is 2. The molecule has 0 aromatic carbocycles. The van der Waals surface area contributed by atoms with Gasteiger partial charge in [-0.1, -0.05) is 5.16 Å². The van der Waals surface area contributed by atoms with Crippen LogP contribution in [0.2, 0.25) is 0 Å². The van der Waals surface area contributed by atoms with Gasteiger partial charge in [-0.3, -0.25) is 4.90 Å². The van der Waals surface area contributed by atoms with Crippen molar-refractivity contribution >= 4 is 0 Å². The van der Waals surface area contributed by atoms with Gasteiger partial charge in [0.15, 0.2) is 0 Å². The highest BCUT2D eigenvalue weighted by Crippen LogP contribution is 2.06. The second-order valence-electron chi connectivity index (χ2n) is 3.81. The minimum absolute atomic E-state index is 0.896. The van der Waals surface area contributed by atoms with E-state index in [4.69, 9.17) is 4.52 Å². The van der Waals surface area contributed by atoms with Gasteiger partial charge in [-0.15, -0.1) is 0 Å². The van der Waals surface area contributed by atoms with Gasteiger partial charge in [0.2, 0.25) is 0 Å². The topological polar surface area (TPSA) is 41.3 Å². The van der Waals surface area contributed by atoms with Gasteiger partial charge < -0.3 is 9.84 Å². The van der Waals surface area contributed by atoms with Gasteiger partial charge >= 0.3 is 0 Å². The third-order valence-corrected chi connectivity index (χ3v) is 2.50. The highest BCUT2D eigenvalue weighted by Gasteiger charge is 2.10. The van der Waals surface area contributed by atoms with E-state index in [1.165, 1.54) is 6.42 Å². The van der Waals surface area contributed by atoms with Gasteiger partial charge in [-0.25, -0.2) is 0 Å². The first-order valence-corrected chi connectivity index (χ1v) is 5.20. The number of rotatable bonds is 2. The maximum absolute atomic E-state index is 5.04. The highest BCUT2D eigenvalue weighted by atomic mass is 16.5. The van der Waals surface area contributed by atoms with Crippen LogP contribution in [0.15, 0.2) is 10.6 Å². The van der Waals surface area contributed by atoms with E-state index in [1.807, 2.05) is 13.0 Å². The van der Waals surface area contributed by atoms with E-state index in [1.54, 1.807) is 0 Å². The van der Waals surface area contributed by atoms with Crippen molar-refractivity contribution in [3.05, 3.63) is 17.5 Å². The molecule has 1 saturated heterocycles. The minimum Gasteiger partial charge on any atom is -0.361 e. The Bertz CT molecular complexity index is 277. The summed E-state index contributed by atoms with van der Waals surface area (Å²) in [4.78, 5) is 2.41. The van der Waals surface area contributed by atoms with Crippen LogP contribution in [-0.4, -0.2) is 36.2 Å². The van der Waals surface area contributed by atoms with Crippen molar-refractivity contribution in [1.82, 2.24) is 15.4 Å². The fourth-order valence-corrected chi connectivity index (χ4v) is 1.78. The van der Waals surface area contributed by atoms with Gasteiger partial charge in [0.05, 0.1) is 5.69 Å². The van der Waals surface area contributed by atoms with Crippen molar-refractivity contribution in [2.24, 2.45) is 0 Å². The van der Waals surface area contributed by atoms with Crippen LogP contribution in [0.25, 0.3) is 0 Å². The third kappa shape index (κ3) is 2.56. The van der Waals surface area contributed by atoms with E-state index in [2.05, 4.69) is 15.4 Å². The monoisotopic (exact) mass is 195 g/mol. The zero-order chi connectivity index (χ0) is 9.80. The quantitative estimate of drug-likeness (QED) is 0.757. The second-order valence-corrected chi connectivity index (χ2v) is 3.81. The largest absolute Gasteiger partial charge is 0.361 e. The summed E-state index contributed by atoms with van der Waals surface area (Å²) < 4.78 is 5.04. The SMILES string of the molecule is Cc1cc(CN2CCCNCC2)no1. The van der Waals surface area contributed by atoms with Crippen molar-refractivity contribution in [2.45, 2.75) is 19.9 Å². The number of nitrogens with one attached hydrogen (secondary N) is 1. The van der Waals surface area contributed by atoms with Gasteiger partial charge in [0.25, 0.3) is 0 Å². The lowest BCUT2D eigenvalue weighted by Gasteiger charge is -2.17. The molecule has 0 unspecified atom stereocenters. The molecule has 2 rings (SSSR count). The molecule has 4 nitrogen and oxygen atoms in total. The predicted molar refractivity (Wildman–Crippen MR) is 54.0 cm³/mol. The molecule has 1 fully saturated rings. The lowest BCUT2D eigenvalue weighted by Crippen LogP contribution is -2.27. The summed E-state index contributed by atoms with van der Waals surface area (Å²) in [7, 11) is 0. The van der Waals surface area contributed by atoms with Crippen LogP contribution >= 0.6 is 0 Å². The first-order valence-electron chi connectivity index (χ1n) is 5.20. The lowest BCUT2D eigenvalue weighted by atomic mass is 10.3. The van der Waals surface area contributed by atoms with E-state index in [9.17, 15) is 0 Å². The first-order chi connectivity index (χ1) is 6.84. The molecule has 1 aromatic heterocycles. The molecule has 0 bridgehead atoms. The minimum atomic E-state index is 0.896. The molecular weight excluding hydrogens is 178 g/mol.